The van der Waals surface area contributed by atoms with Gasteiger partial charge in [0.15, 0.2) is 34.6 Å². The van der Waals surface area contributed by atoms with E-state index in [4.69, 9.17) is 29.5 Å². The van der Waals surface area contributed by atoms with Crippen molar-refractivity contribution in [2.45, 2.75) is 54.4 Å². The summed E-state index contributed by atoms with van der Waals surface area (Å²) in [5.41, 5.74) is 1.35. The molecule has 0 amide bonds. The average Bonchev–Trinajstić information content (AvgIpc) is 2.83. The van der Waals surface area contributed by atoms with Crippen molar-refractivity contribution in [2.75, 3.05) is 26.4 Å². The number of ether oxygens (including phenoxy) is 4. The van der Waals surface area contributed by atoms with E-state index in [2.05, 4.69) is 0 Å². The molecule has 0 aromatic heterocycles. The number of hydrogen-bond donors (Lipinski definition) is 0. The van der Waals surface area contributed by atoms with Crippen molar-refractivity contribution < 1.29 is 27.7 Å². The second-order valence-corrected chi connectivity index (χ2v) is 6.77. The predicted octanol–water partition coefficient (Wildman–Crippen LogP) is 6.11. The van der Waals surface area contributed by atoms with Crippen LogP contribution in [0.1, 0.15) is 63.8 Å². The summed E-state index contributed by atoms with van der Waals surface area (Å²) in [4.78, 5) is 0. The molecule has 0 saturated carbocycles. The molecule has 0 saturated heterocycles. The molecular formula is C26H32F2N2O4. The predicted molar refractivity (Wildman–Crippen MR) is 126 cm³/mol. The Kier molecular flexibility index (Phi) is 12.2. The number of hydrogen-bond acceptors (Lipinski definition) is 6. The van der Waals surface area contributed by atoms with E-state index in [1.807, 2.05) is 39.8 Å². The SMILES string of the molecule is CCOc1cc(CC)c(C#N)c(F)c1OCC.CCOc1cc(CC)c(C#N)c(F)c1OCC. The second kappa shape index (κ2) is 14.6. The Morgan fingerprint density at radius 1 is 0.618 bits per heavy atom. The number of rotatable bonds is 10. The van der Waals surface area contributed by atoms with Crippen LogP contribution in [0.25, 0.3) is 0 Å². The van der Waals surface area contributed by atoms with Crippen molar-refractivity contribution in [1.29, 1.82) is 10.5 Å². The van der Waals surface area contributed by atoms with Gasteiger partial charge in [-0.05, 0) is 63.8 Å². The first-order chi connectivity index (χ1) is 16.4. The fraction of sp³-hybridized carbons (Fsp3) is 0.462. The van der Waals surface area contributed by atoms with Crippen molar-refractivity contribution in [2.24, 2.45) is 0 Å². The van der Waals surface area contributed by atoms with Gasteiger partial charge in [0.05, 0.1) is 37.6 Å². The molecule has 2 aromatic rings. The second-order valence-electron chi connectivity index (χ2n) is 6.77. The smallest absolute Gasteiger partial charge is 0.198 e. The molecule has 2 rings (SSSR count). The topological polar surface area (TPSA) is 84.5 Å². The summed E-state index contributed by atoms with van der Waals surface area (Å²) >= 11 is 0. The van der Waals surface area contributed by atoms with Crippen LogP contribution in [0.5, 0.6) is 23.0 Å². The first kappa shape index (κ1) is 28.5. The quantitative estimate of drug-likeness (QED) is 0.413. The highest BCUT2D eigenvalue weighted by atomic mass is 19.1. The highest BCUT2D eigenvalue weighted by Crippen LogP contribution is 2.36. The van der Waals surface area contributed by atoms with Gasteiger partial charge < -0.3 is 18.9 Å². The van der Waals surface area contributed by atoms with Crippen molar-refractivity contribution >= 4 is 0 Å². The summed E-state index contributed by atoms with van der Waals surface area (Å²) in [6.45, 7) is 12.4. The molecule has 0 unspecified atom stereocenters. The fourth-order valence-corrected chi connectivity index (χ4v) is 3.20. The summed E-state index contributed by atoms with van der Waals surface area (Å²) in [6, 6.07) is 7.10. The van der Waals surface area contributed by atoms with Crippen molar-refractivity contribution in [3.8, 4) is 35.1 Å². The molecule has 34 heavy (non-hydrogen) atoms. The van der Waals surface area contributed by atoms with Crippen molar-refractivity contribution in [1.82, 2.24) is 0 Å². The molecule has 8 heteroatoms. The van der Waals surface area contributed by atoms with Crippen LogP contribution in [0, 0.1) is 34.3 Å². The van der Waals surface area contributed by atoms with E-state index in [1.54, 1.807) is 26.0 Å². The zero-order chi connectivity index (χ0) is 25.7. The highest BCUT2D eigenvalue weighted by Gasteiger charge is 2.20. The summed E-state index contributed by atoms with van der Waals surface area (Å²) in [7, 11) is 0. The zero-order valence-corrected chi connectivity index (χ0v) is 20.7. The third-order valence-corrected chi connectivity index (χ3v) is 4.70. The van der Waals surface area contributed by atoms with E-state index >= 15 is 0 Å². The average molecular weight is 475 g/mol. The van der Waals surface area contributed by atoms with Gasteiger partial charge in [-0.1, -0.05) is 13.8 Å². The van der Waals surface area contributed by atoms with Crippen LogP contribution in [0.3, 0.4) is 0 Å². The molecule has 0 bridgehead atoms. The lowest BCUT2D eigenvalue weighted by Gasteiger charge is -2.14. The van der Waals surface area contributed by atoms with Gasteiger partial charge in [0.25, 0.3) is 0 Å². The molecule has 0 radical (unpaired) electrons. The monoisotopic (exact) mass is 474 g/mol. The first-order valence-electron chi connectivity index (χ1n) is 11.4. The van der Waals surface area contributed by atoms with E-state index in [0.29, 0.717) is 61.9 Å². The van der Waals surface area contributed by atoms with Crippen LogP contribution < -0.4 is 18.9 Å². The Hall–Kier alpha value is -3.52. The third-order valence-electron chi connectivity index (χ3n) is 4.70. The molecule has 0 atom stereocenters. The minimum atomic E-state index is -0.628. The molecule has 0 aliphatic carbocycles. The zero-order valence-electron chi connectivity index (χ0n) is 20.7. The van der Waals surface area contributed by atoms with Crippen LogP contribution >= 0.6 is 0 Å². The molecule has 6 nitrogen and oxygen atoms in total. The standard InChI is InChI=1S/2C13H16FNO2/c2*1-4-9-7-11(16-5-2)13(17-6-3)12(14)10(9)8-15/h2*7H,4-6H2,1-3H3. The molecule has 0 aliphatic heterocycles. The number of halogens is 2. The molecule has 0 spiro atoms. The van der Waals surface area contributed by atoms with E-state index in [-0.39, 0.29) is 22.6 Å². The molecule has 184 valence electrons. The normalized spacial score (nSPS) is 9.82. The summed E-state index contributed by atoms with van der Waals surface area (Å²) in [5, 5.41) is 17.9. The number of benzene rings is 2. The van der Waals surface area contributed by atoms with Gasteiger partial charge in [0, 0.05) is 0 Å². The Labute approximate surface area is 200 Å². The van der Waals surface area contributed by atoms with E-state index < -0.39 is 11.6 Å². The largest absolute Gasteiger partial charge is 0.490 e. The van der Waals surface area contributed by atoms with Crippen LogP contribution in [-0.2, 0) is 12.8 Å². The van der Waals surface area contributed by atoms with E-state index in [9.17, 15) is 8.78 Å². The van der Waals surface area contributed by atoms with Gasteiger partial charge in [-0.25, -0.2) is 8.78 Å². The van der Waals surface area contributed by atoms with Crippen LogP contribution in [0.2, 0.25) is 0 Å². The fourth-order valence-electron chi connectivity index (χ4n) is 3.20. The summed E-state index contributed by atoms with van der Waals surface area (Å²) < 4.78 is 49.2. The Morgan fingerprint density at radius 3 is 1.18 bits per heavy atom. The van der Waals surface area contributed by atoms with Crippen molar-refractivity contribution in [3.63, 3.8) is 0 Å². The molecule has 2 aromatic carbocycles. The van der Waals surface area contributed by atoms with Gasteiger partial charge >= 0.3 is 0 Å². The first-order valence-corrected chi connectivity index (χ1v) is 11.4. The van der Waals surface area contributed by atoms with Crippen LogP contribution in [0.15, 0.2) is 12.1 Å². The summed E-state index contributed by atoms with van der Waals surface area (Å²) in [6.07, 6.45) is 1.15. The maximum Gasteiger partial charge on any atom is 0.198 e. The Balaban J connectivity index is 0.000000340. The molecule has 0 aliphatic rings. The highest BCUT2D eigenvalue weighted by molar-refractivity contribution is 5.54. The van der Waals surface area contributed by atoms with Gasteiger partial charge in [-0.2, -0.15) is 10.5 Å². The van der Waals surface area contributed by atoms with E-state index in [0.717, 1.165) is 0 Å². The van der Waals surface area contributed by atoms with E-state index in [1.165, 1.54) is 0 Å². The lowest BCUT2D eigenvalue weighted by Crippen LogP contribution is -2.04. The van der Waals surface area contributed by atoms with Crippen LogP contribution in [0.4, 0.5) is 8.78 Å². The van der Waals surface area contributed by atoms with Gasteiger partial charge in [-0.3, -0.25) is 0 Å². The van der Waals surface area contributed by atoms with Gasteiger partial charge in [0.2, 0.25) is 0 Å². The molecular weight excluding hydrogens is 442 g/mol. The number of aryl methyl sites for hydroxylation is 2. The lowest BCUT2D eigenvalue weighted by molar-refractivity contribution is 0.275. The van der Waals surface area contributed by atoms with Crippen LogP contribution in [-0.4, -0.2) is 26.4 Å². The third kappa shape index (κ3) is 6.74. The minimum Gasteiger partial charge on any atom is -0.490 e. The van der Waals surface area contributed by atoms with Gasteiger partial charge in [-0.15, -0.1) is 0 Å². The van der Waals surface area contributed by atoms with Gasteiger partial charge in [0.1, 0.15) is 12.1 Å². The molecule has 0 N–H and O–H groups in total. The van der Waals surface area contributed by atoms with Crippen molar-refractivity contribution in [3.05, 3.63) is 46.0 Å². The minimum absolute atomic E-state index is 0.0306. The molecule has 0 heterocycles. The Morgan fingerprint density at radius 2 is 0.941 bits per heavy atom. The molecule has 0 fully saturated rings. The summed E-state index contributed by atoms with van der Waals surface area (Å²) in [5.74, 6) is -0.467. The number of nitrogens with zero attached hydrogens (tertiary/aromatic N) is 2. The number of nitriles is 2. The maximum absolute atomic E-state index is 14.1. The maximum atomic E-state index is 14.1. The lowest BCUT2D eigenvalue weighted by atomic mass is 10.0. The Bertz CT molecular complexity index is 960.